The zero-order chi connectivity index (χ0) is 31.1. The molecule has 218 valence electrons. The summed E-state index contributed by atoms with van der Waals surface area (Å²) in [6.45, 7) is 6.72. The molecule has 0 unspecified atom stereocenters. The number of hydrogen-bond acceptors (Lipinski definition) is 10. The van der Waals surface area contributed by atoms with Crippen molar-refractivity contribution in [2.75, 3.05) is 20.6 Å². The number of benzene rings is 3. The van der Waals surface area contributed by atoms with Crippen LogP contribution >= 0.6 is 0 Å². The van der Waals surface area contributed by atoms with Gasteiger partial charge in [-0.15, -0.1) is 0 Å². The van der Waals surface area contributed by atoms with Crippen LogP contribution in [-0.2, 0) is 30.4 Å². The molecule has 3 aromatic rings. The third-order valence-electron chi connectivity index (χ3n) is 4.71. The van der Waals surface area contributed by atoms with Gasteiger partial charge in [0.05, 0.1) is 14.7 Å². The van der Waals surface area contributed by atoms with E-state index in [-0.39, 0.29) is 14.7 Å². The summed E-state index contributed by atoms with van der Waals surface area (Å²) in [5, 5.41) is 0. The molecule has 3 rings (SSSR count). The Morgan fingerprint density at radius 2 is 0.775 bits per heavy atom. The predicted molar refractivity (Wildman–Crippen MR) is 151 cm³/mol. The van der Waals surface area contributed by atoms with Gasteiger partial charge in [-0.1, -0.05) is 53.1 Å². The van der Waals surface area contributed by atoms with Gasteiger partial charge in [0.2, 0.25) is 0 Å². The second-order valence-electron chi connectivity index (χ2n) is 8.71. The van der Waals surface area contributed by atoms with Gasteiger partial charge in [0.25, 0.3) is 0 Å². The SMILES string of the molecule is CN(C)CC[CH2][Sn+3].Cc1ccc(S(=O)(=O)[O-])cc1.Cc1ccc(S(=O)(=O)[O-])cc1.Cc1ccc(S(=O)(=O)[O-])cc1. The largest absolute Gasteiger partial charge is 0.744 e. The molecule has 0 saturated carbocycles. The molecule has 10 nitrogen and oxygen atoms in total. The fraction of sp³-hybridized carbons (Fsp3) is 0.308. The maximum absolute atomic E-state index is 10.4. The number of nitrogens with zero attached hydrogens (tertiary/aromatic N) is 1. The number of aryl methyl sites for hydroxylation is 3. The maximum Gasteiger partial charge on any atom is 0.124 e. The summed E-state index contributed by atoms with van der Waals surface area (Å²) < 4.78 is 94.9. The van der Waals surface area contributed by atoms with Crippen LogP contribution in [0.3, 0.4) is 0 Å². The van der Waals surface area contributed by atoms with Gasteiger partial charge in [-0.25, -0.2) is 25.3 Å². The Labute approximate surface area is 251 Å². The van der Waals surface area contributed by atoms with Crippen molar-refractivity contribution in [3.63, 3.8) is 0 Å². The molecule has 0 aliphatic carbocycles. The molecule has 3 aromatic carbocycles. The van der Waals surface area contributed by atoms with E-state index in [0.29, 0.717) is 0 Å². The van der Waals surface area contributed by atoms with Crippen molar-refractivity contribution >= 4 is 52.9 Å². The second-order valence-corrected chi connectivity index (χ2v) is 14.3. The fourth-order valence-electron chi connectivity index (χ4n) is 2.51. The Bertz CT molecular complexity index is 1300. The molecule has 40 heavy (non-hydrogen) atoms. The van der Waals surface area contributed by atoms with Crippen LogP contribution in [0.4, 0.5) is 0 Å². The summed E-state index contributed by atoms with van der Waals surface area (Å²) in [6, 6.07) is 17.3. The van der Waals surface area contributed by atoms with Gasteiger partial charge in [0.1, 0.15) is 30.4 Å². The third kappa shape index (κ3) is 17.8. The van der Waals surface area contributed by atoms with E-state index >= 15 is 0 Å². The van der Waals surface area contributed by atoms with E-state index in [1.54, 1.807) is 58.9 Å². The first-order valence-corrected chi connectivity index (χ1v) is 17.9. The number of rotatable bonds is 6. The van der Waals surface area contributed by atoms with Gasteiger partial charge >= 0.3 is 58.9 Å². The Morgan fingerprint density at radius 3 is 0.900 bits per heavy atom. The first kappa shape index (κ1) is 38.1. The molecular weight excluding hydrogens is 685 g/mol. The first-order valence-electron chi connectivity index (χ1n) is 11.6. The monoisotopic (exact) mass is 719 g/mol. The van der Waals surface area contributed by atoms with Crippen molar-refractivity contribution in [1.82, 2.24) is 4.90 Å². The van der Waals surface area contributed by atoms with E-state index in [1.165, 1.54) is 53.8 Å². The smallest absolute Gasteiger partial charge is 0.124 e. The summed E-state index contributed by atoms with van der Waals surface area (Å²) >= 11 is 1.66. The zero-order valence-corrected chi connectivity index (χ0v) is 28.2. The van der Waals surface area contributed by atoms with E-state index in [9.17, 15) is 38.9 Å². The molecule has 0 aliphatic heterocycles. The van der Waals surface area contributed by atoms with Gasteiger partial charge in [-0.05, 0) is 57.2 Å². The van der Waals surface area contributed by atoms with Crippen LogP contribution in [0.25, 0.3) is 0 Å². The maximum atomic E-state index is 10.4. The Kier molecular flexibility index (Phi) is 17.0. The average Bonchev–Trinajstić information content (AvgIpc) is 2.83. The van der Waals surface area contributed by atoms with Crippen LogP contribution in [-0.4, -0.2) is 87.0 Å². The van der Waals surface area contributed by atoms with E-state index in [2.05, 4.69) is 19.0 Å². The van der Waals surface area contributed by atoms with E-state index < -0.39 is 30.4 Å². The molecule has 0 radical (unpaired) electrons. The standard InChI is InChI=1S/3C7H8O3S.C5H12N.Sn/c3*1-6-2-4-7(5-3-6)11(8,9)10;1-4-5-6(2)3;/h3*2-5H,1H3,(H,8,9,10);1,4-5H2,2-3H3;/q;;;;+3/p-3. The minimum Gasteiger partial charge on any atom is -0.744 e. The first-order chi connectivity index (χ1) is 18.3. The molecule has 0 spiro atoms. The second kappa shape index (κ2) is 17.9. The fourth-order valence-corrected chi connectivity index (χ4v) is 4.37. The van der Waals surface area contributed by atoms with Gasteiger partial charge in [-0.3, -0.25) is 0 Å². The van der Waals surface area contributed by atoms with Crippen molar-refractivity contribution in [2.45, 2.75) is 46.3 Å². The minimum absolute atomic E-state index is 0.178. The average molecular weight is 718 g/mol. The van der Waals surface area contributed by atoms with Crippen LogP contribution in [0.2, 0.25) is 4.44 Å². The van der Waals surface area contributed by atoms with Crippen LogP contribution < -0.4 is 0 Å². The van der Waals surface area contributed by atoms with Crippen LogP contribution in [0.5, 0.6) is 0 Å². The Morgan fingerprint density at radius 1 is 0.550 bits per heavy atom. The molecule has 0 amide bonds. The molecule has 0 N–H and O–H groups in total. The summed E-state index contributed by atoms with van der Waals surface area (Å²) in [6.07, 6.45) is 1.37. The molecule has 0 aromatic heterocycles. The van der Waals surface area contributed by atoms with Crippen molar-refractivity contribution in [1.29, 1.82) is 0 Å². The molecular formula is C26H33NO9S3Sn. The Hall–Kier alpha value is -1.85. The topological polar surface area (TPSA) is 175 Å². The molecule has 0 saturated heterocycles. The van der Waals surface area contributed by atoms with Gasteiger partial charge < -0.3 is 13.7 Å². The molecule has 0 aliphatic rings. The van der Waals surface area contributed by atoms with Crippen molar-refractivity contribution in [2.24, 2.45) is 0 Å². The van der Waals surface area contributed by atoms with E-state index in [4.69, 9.17) is 0 Å². The summed E-state index contributed by atoms with van der Waals surface area (Å²) in [7, 11) is -8.58. The number of hydrogen-bond donors (Lipinski definition) is 0. The molecule has 14 heteroatoms. The quantitative estimate of drug-likeness (QED) is 0.272. The summed E-state index contributed by atoms with van der Waals surface area (Å²) in [5.74, 6) is 0. The molecule has 0 fully saturated rings. The normalized spacial score (nSPS) is 11.3. The van der Waals surface area contributed by atoms with Crippen molar-refractivity contribution in [3.05, 3.63) is 89.5 Å². The van der Waals surface area contributed by atoms with Crippen molar-refractivity contribution in [3.8, 4) is 0 Å². The summed E-state index contributed by atoms with van der Waals surface area (Å²) in [5.41, 5.74) is 2.78. The molecule has 0 atom stereocenters. The van der Waals surface area contributed by atoms with E-state index in [1.807, 2.05) is 20.8 Å². The molecule has 0 heterocycles. The van der Waals surface area contributed by atoms with Crippen LogP contribution in [0.15, 0.2) is 87.5 Å². The van der Waals surface area contributed by atoms with E-state index in [0.717, 1.165) is 16.7 Å². The predicted octanol–water partition coefficient (Wildman–Crippen LogP) is 3.22. The Balaban J connectivity index is 0.000000515. The van der Waals surface area contributed by atoms with Gasteiger partial charge in [-0.2, -0.15) is 0 Å². The third-order valence-corrected chi connectivity index (χ3v) is 8.27. The minimum atomic E-state index is -4.27. The zero-order valence-electron chi connectivity index (χ0n) is 22.9. The summed E-state index contributed by atoms with van der Waals surface area (Å²) in [4.78, 5) is 1.69. The van der Waals surface area contributed by atoms with Gasteiger partial charge in [0.15, 0.2) is 0 Å². The van der Waals surface area contributed by atoms with Gasteiger partial charge in [0, 0.05) is 0 Å². The molecule has 0 bridgehead atoms. The van der Waals surface area contributed by atoms with Crippen LogP contribution in [0.1, 0.15) is 23.1 Å². The van der Waals surface area contributed by atoms with Crippen molar-refractivity contribution < 1.29 is 38.9 Å². The van der Waals surface area contributed by atoms with Crippen LogP contribution in [0, 0.1) is 20.8 Å².